The molecular weight excluding hydrogens is 350 g/mol. The Bertz CT molecular complexity index is 718. The maximum Gasteiger partial charge on any atom is 0.237 e. The van der Waals surface area contributed by atoms with E-state index in [0.29, 0.717) is 12.1 Å². The van der Waals surface area contributed by atoms with Gasteiger partial charge in [0.25, 0.3) is 0 Å². The summed E-state index contributed by atoms with van der Waals surface area (Å²) in [5.74, 6) is -0.0739. The zero-order chi connectivity index (χ0) is 21.1. The second-order valence-electron chi connectivity index (χ2n) is 9.55. The number of benzene rings is 1. The molecule has 0 bridgehead atoms. The van der Waals surface area contributed by atoms with Crippen LogP contribution in [-0.4, -0.2) is 18.1 Å². The third kappa shape index (κ3) is 4.71. The fourth-order valence-corrected chi connectivity index (χ4v) is 4.70. The molecule has 1 aromatic carbocycles. The highest BCUT2D eigenvalue weighted by molar-refractivity contribution is 6.21. The van der Waals surface area contributed by atoms with Gasteiger partial charge in [-0.3, -0.25) is 14.5 Å². The molecule has 154 valence electrons. The lowest BCUT2D eigenvalue weighted by molar-refractivity contribution is -0.123. The van der Waals surface area contributed by atoms with Crippen molar-refractivity contribution in [1.29, 1.82) is 0 Å². The molecule has 4 heteroatoms. The molecule has 1 saturated heterocycles. The van der Waals surface area contributed by atoms with E-state index in [1.165, 1.54) is 4.90 Å². The molecule has 0 saturated carbocycles. The smallest absolute Gasteiger partial charge is 0.237 e. The Balaban J connectivity index is 2.22. The molecule has 1 aromatic rings. The van der Waals surface area contributed by atoms with Crippen molar-refractivity contribution in [3.05, 3.63) is 29.8 Å². The van der Waals surface area contributed by atoms with E-state index in [4.69, 9.17) is 0 Å². The Labute approximate surface area is 169 Å². The normalized spacial score (nSPS) is 19.2. The summed E-state index contributed by atoms with van der Waals surface area (Å²) in [5.41, 5.74) is 1.17. The maximum atomic E-state index is 13.0. The highest BCUT2D eigenvalue weighted by atomic mass is 16.2. The summed E-state index contributed by atoms with van der Waals surface area (Å²) in [6.45, 7) is 12.3. The number of hydrogen-bond donors (Lipinski definition) is 0. The van der Waals surface area contributed by atoms with Crippen LogP contribution in [-0.2, 0) is 19.8 Å². The number of carbonyl (C=O) groups excluding carboxylic acids is 3. The van der Waals surface area contributed by atoms with Crippen LogP contribution in [0.25, 0.3) is 0 Å². The molecular formula is C24H35NO3. The standard InChI is InChI=1S/C24H35NO3/c1-7-9-17(8-2)20-14-21(27)25(22(20)28)19-12-10-18(11-13-19)24(5,6)15-23(3,4)16-26/h10-13,16-17,20H,7-9,14-15H2,1-6H3. The summed E-state index contributed by atoms with van der Waals surface area (Å²) in [5, 5.41) is 0. The third-order valence-electron chi connectivity index (χ3n) is 6.06. The molecule has 2 amide bonds. The molecule has 4 nitrogen and oxygen atoms in total. The van der Waals surface area contributed by atoms with Gasteiger partial charge in [0.05, 0.1) is 11.6 Å². The molecule has 1 heterocycles. The zero-order valence-corrected chi connectivity index (χ0v) is 18.2. The number of amides is 2. The van der Waals surface area contributed by atoms with Gasteiger partial charge in [0.15, 0.2) is 0 Å². The largest absolute Gasteiger partial charge is 0.303 e. The number of imide groups is 1. The first-order chi connectivity index (χ1) is 13.1. The van der Waals surface area contributed by atoms with E-state index >= 15 is 0 Å². The second-order valence-corrected chi connectivity index (χ2v) is 9.55. The van der Waals surface area contributed by atoms with Crippen molar-refractivity contribution >= 4 is 23.8 Å². The third-order valence-corrected chi connectivity index (χ3v) is 6.06. The van der Waals surface area contributed by atoms with Crippen molar-refractivity contribution in [2.45, 2.75) is 79.1 Å². The lowest BCUT2D eigenvalue weighted by Crippen LogP contribution is -2.32. The van der Waals surface area contributed by atoms with Crippen LogP contribution >= 0.6 is 0 Å². The van der Waals surface area contributed by atoms with Gasteiger partial charge in [-0.2, -0.15) is 0 Å². The van der Waals surface area contributed by atoms with E-state index in [1.807, 2.05) is 38.1 Å². The molecule has 28 heavy (non-hydrogen) atoms. The van der Waals surface area contributed by atoms with Crippen molar-refractivity contribution in [1.82, 2.24) is 0 Å². The summed E-state index contributed by atoms with van der Waals surface area (Å²) in [6, 6.07) is 7.69. The SMILES string of the molecule is CCCC(CC)C1CC(=O)N(c2ccc(C(C)(C)CC(C)(C)C=O)cc2)C1=O. The van der Waals surface area contributed by atoms with Gasteiger partial charge in [-0.15, -0.1) is 0 Å². The minimum atomic E-state index is -0.398. The highest BCUT2D eigenvalue weighted by Crippen LogP contribution is 2.38. The van der Waals surface area contributed by atoms with Gasteiger partial charge in [0.1, 0.15) is 6.29 Å². The van der Waals surface area contributed by atoms with Gasteiger partial charge < -0.3 is 4.79 Å². The predicted octanol–water partition coefficient (Wildman–Crippen LogP) is 5.29. The van der Waals surface area contributed by atoms with Crippen LogP contribution in [0.3, 0.4) is 0 Å². The topological polar surface area (TPSA) is 54.5 Å². The van der Waals surface area contributed by atoms with Crippen LogP contribution in [0.4, 0.5) is 5.69 Å². The van der Waals surface area contributed by atoms with Crippen molar-refractivity contribution in [2.24, 2.45) is 17.3 Å². The van der Waals surface area contributed by atoms with Gasteiger partial charge in [0, 0.05) is 11.8 Å². The molecule has 0 aliphatic carbocycles. The van der Waals surface area contributed by atoms with E-state index in [1.54, 1.807) is 0 Å². The fourth-order valence-electron chi connectivity index (χ4n) is 4.70. The summed E-state index contributed by atoms with van der Waals surface area (Å²) >= 11 is 0. The molecule has 0 spiro atoms. The van der Waals surface area contributed by atoms with E-state index in [-0.39, 0.29) is 29.1 Å². The molecule has 1 fully saturated rings. The van der Waals surface area contributed by atoms with E-state index in [9.17, 15) is 14.4 Å². The van der Waals surface area contributed by atoms with Crippen LogP contribution in [0.1, 0.15) is 79.2 Å². The maximum absolute atomic E-state index is 13.0. The number of hydrogen-bond acceptors (Lipinski definition) is 3. The van der Waals surface area contributed by atoms with Crippen LogP contribution in [0, 0.1) is 17.3 Å². The van der Waals surface area contributed by atoms with E-state index in [2.05, 4.69) is 27.7 Å². The molecule has 1 aliphatic rings. The molecule has 2 rings (SSSR count). The average molecular weight is 386 g/mol. The van der Waals surface area contributed by atoms with Gasteiger partial charge >= 0.3 is 0 Å². The summed E-state index contributed by atoms with van der Waals surface area (Å²) in [4.78, 5) is 38.2. The average Bonchev–Trinajstić information content (AvgIpc) is 2.93. The molecule has 0 radical (unpaired) electrons. The zero-order valence-electron chi connectivity index (χ0n) is 18.2. The van der Waals surface area contributed by atoms with Crippen molar-refractivity contribution in [2.75, 3.05) is 4.90 Å². The molecule has 2 atom stereocenters. The van der Waals surface area contributed by atoms with E-state index in [0.717, 1.165) is 37.5 Å². The van der Waals surface area contributed by atoms with Gasteiger partial charge in [-0.1, -0.05) is 66.5 Å². The number of aldehydes is 1. The van der Waals surface area contributed by atoms with Crippen molar-refractivity contribution < 1.29 is 14.4 Å². The first kappa shape index (κ1) is 22.3. The Morgan fingerprint density at radius 3 is 2.21 bits per heavy atom. The van der Waals surface area contributed by atoms with Crippen molar-refractivity contribution in [3.8, 4) is 0 Å². The summed E-state index contributed by atoms with van der Waals surface area (Å²) < 4.78 is 0. The number of carbonyl (C=O) groups is 3. The summed E-state index contributed by atoms with van der Waals surface area (Å²) in [6.07, 6.45) is 4.97. The quantitative estimate of drug-likeness (QED) is 0.429. The lowest BCUT2D eigenvalue weighted by atomic mass is 9.72. The molecule has 1 aliphatic heterocycles. The minimum Gasteiger partial charge on any atom is -0.303 e. The van der Waals surface area contributed by atoms with E-state index < -0.39 is 5.41 Å². The fraction of sp³-hybridized carbons (Fsp3) is 0.625. The van der Waals surface area contributed by atoms with Gasteiger partial charge in [-0.25, -0.2) is 0 Å². The van der Waals surface area contributed by atoms with Gasteiger partial charge in [-0.05, 0) is 41.9 Å². The predicted molar refractivity (Wildman–Crippen MR) is 113 cm³/mol. The van der Waals surface area contributed by atoms with Gasteiger partial charge in [0.2, 0.25) is 11.8 Å². The second kappa shape index (κ2) is 8.59. The summed E-state index contributed by atoms with van der Waals surface area (Å²) in [7, 11) is 0. The Hall–Kier alpha value is -1.97. The first-order valence-electron chi connectivity index (χ1n) is 10.5. The van der Waals surface area contributed by atoms with Crippen LogP contribution in [0.2, 0.25) is 0 Å². The van der Waals surface area contributed by atoms with Crippen LogP contribution in [0.5, 0.6) is 0 Å². The Morgan fingerprint density at radius 1 is 1.11 bits per heavy atom. The monoisotopic (exact) mass is 385 g/mol. The Morgan fingerprint density at radius 2 is 1.71 bits per heavy atom. The number of rotatable bonds is 9. The Kier molecular flexibility index (Phi) is 6.84. The number of nitrogens with zero attached hydrogens (tertiary/aromatic N) is 1. The van der Waals surface area contributed by atoms with Crippen LogP contribution in [0.15, 0.2) is 24.3 Å². The van der Waals surface area contributed by atoms with Crippen molar-refractivity contribution in [3.63, 3.8) is 0 Å². The van der Waals surface area contributed by atoms with Crippen LogP contribution < -0.4 is 4.90 Å². The number of anilines is 1. The lowest BCUT2D eigenvalue weighted by Gasteiger charge is -2.32. The minimum absolute atomic E-state index is 0.0561. The molecule has 0 N–H and O–H groups in total. The first-order valence-corrected chi connectivity index (χ1v) is 10.5. The molecule has 0 aromatic heterocycles. The molecule has 2 unspecified atom stereocenters. The highest BCUT2D eigenvalue weighted by Gasteiger charge is 2.42.